The Morgan fingerprint density at radius 1 is 0.885 bits per heavy atom. The Morgan fingerprint density at radius 2 is 1.46 bits per heavy atom. The fourth-order valence-corrected chi connectivity index (χ4v) is 7.84. The van der Waals surface area contributed by atoms with Gasteiger partial charge in [0.05, 0.1) is 13.2 Å². The highest BCUT2D eigenvalue weighted by molar-refractivity contribution is 7.37. The molecule has 2 atom stereocenters. The first kappa shape index (κ1) is 45.0. The minimum atomic E-state index is -0.108. The summed E-state index contributed by atoms with van der Waals surface area (Å²) in [6, 6.07) is 33.6. The first-order chi connectivity index (χ1) is 25.0. The number of nitrogens with zero attached hydrogens (tertiary/aromatic N) is 1. The van der Waals surface area contributed by atoms with Gasteiger partial charge in [-0.15, -0.1) is 8.58 Å². The van der Waals surface area contributed by atoms with Gasteiger partial charge in [0.1, 0.15) is 5.75 Å². The van der Waals surface area contributed by atoms with Gasteiger partial charge >= 0.3 is 0 Å². The van der Waals surface area contributed by atoms with E-state index in [2.05, 4.69) is 152 Å². The summed E-state index contributed by atoms with van der Waals surface area (Å²) in [5.74, 6) is 1.79. The van der Waals surface area contributed by atoms with Crippen LogP contribution in [0.15, 0.2) is 109 Å². The molecule has 3 nitrogen and oxygen atoms in total. The molecule has 2 aliphatic carbocycles. The normalized spacial score (nSPS) is 16.1. The molecule has 0 radical (unpaired) electrons. The first-order valence-corrected chi connectivity index (χ1v) is 21.3. The third kappa shape index (κ3) is 16.7. The molecule has 2 aliphatic rings. The zero-order chi connectivity index (χ0) is 38.2. The Hall–Kier alpha value is -3.18. The van der Waals surface area contributed by atoms with Crippen LogP contribution in [0.1, 0.15) is 123 Å². The van der Waals surface area contributed by atoms with Crippen LogP contribution in [0.25, 0.3) is 0 Å². The van der Waals surface area contributed by atoms with E-state index in [4.69, 9.17) is 10.00 Å². The molecular weight excluding hydrogens is 652 g/mol. The van der Waals surface area contributed by atoms with Crippen LogP contribution in [-0.2, 0) is 5.41 Å². The van der Waals surface area contributed by atoms with Gasteiger partial charge < -0.3 is 10.1 Å². The van der Waals surface area contributed by atoms with Crippen molar-refractivity contribution in [2.45, 2.75) is 131 Å². The molecule has 0 spiro atoms. The number of rotatable bonds is 13. The Morgan fingerprint density at radius 3 is 1.90 bits per heavy atom. The molecule has 0 bridgehead atoms. The van der Waals surface area contributed by atoms with Crippen molar-refractivity contribution in [3.05, 3.63) is 125 Å². The number of ether oxygens (including phenoxy) is 1. The summed E-state index contributed by atoms with van der Waals surface area (Å²) < 4.78 is 5.47. The second-order valence-corrected chi connectivity index (χ2v) is 17.3. The van der Waals surface area contributed by atoms with E-state index < -0.39 is 0 Å². The molecule has 3 aromatic rings. The van der Waals surface area contributed by atoms with Crippen molar-refractivity contribution in [1.82, 2.24) is 5.32 Å². The molecule has 5 rings (SSSR count). The van der Waals surface area contributed by atoms with E-state index in [0.29, 0.717) is 12.1 Å². The number of methoxy groups -OCH3 is 1. The fourth-order valence-electron chi connectivity index (χ4n) is 7.06. The molecule has 0 saturated heterocycles. The molecule has 1 saturated carbocycles. The molecule has 284 valence electrons. The molecular formula is C48H71N2OP. The summed E-state index contributed by atoms with van der Waals surface area (Å²) in [5, 5.41) is 11.4. The predicted molar refractivity (Wildman–Crippen MR) is 230 cm³/mol. The highest BCUT2D eigenvalue weighted by Crippen LogP contribution is 2.48. The maximum Gasteiger partial charge on any atom is 0.118 e. The van der Waals surface area contributed by atoms with Crippen LogP contribution in [0.4, 0.5) is 0 Å². The largest absolute Gasteiger partial charge is 0.497 e. The van der Waals surface area contributed by atoms with E-state index in [0.717, 1.165) is 45.9 Å². The predicted octanol–water partition coefficient (Wildman–Crippen LogP) is 13.2. The number of nitriles is 1. The molecule has 0 heterocycles. The molecule has 0 aromatic heterocycles. The van der Waals surface area contributed by atoms with Crippen LogP contribution in [-0.4, -0.2) is 31.5 Å². The molecule has 0 amide bonds. The van der Waals surface area contributed by atoms with Crippen molar-refractivity contribution in [2.24, 2.45) is 11.3 Å². The average molecular weight is 723 g/mol. The zero-order valence-electron chi connectivity index (χ0n) is 34.2. The van der Waals surface area contributed by atoms with Gasteiger partial charge in [-0.1, -0.05) is 171 Å². The summed E-state index contributed by atoms with van der Waals surface area (Å²) >= 11 is 0. The molecule has 3 aromatic carbocycles. The highest BCUT2D eigenvalue weighted by Gasteiger charge is 2.39. The smallest absolute Gasteiger partial charge is 0.118 e. The number of benzene rings is 3. The van der Waals surface area contributed by atoms with Crippen LogP contribution in [0.5, 0.6) is 5.75 Å². The number of hydrogen-bond donors (Lipinski definition) is 1. The lowest BCUT2D eigenvalue weighted by Crippen LogP contribution is -2.32. The van der Waals surface area contributed by atoms with Crippen molar-refractivity contribution >= 4 is 8.58 Å². The van der Waals surface area contributed by atoms with E-state index in [1.54, 1.807) is 7.11 Å². The Balaban J connectivity index is 0.000000344. The van der Waals surface area contributed by atoms with Gasteiger partial charge in [0.2, 0.25) is 0 Å². The monoisotopic (exact) mass is 723 g/mol. The lowest BCUT2D eigenvalue weighted by atomic mass is 9.63. The summed E-state index contributed by atoms with van der Waals surface area (Å²) in [6.07, 6.45) is 20.9. The van der Waals surface area contributed by atoms with Crippen LogP contribution >= 0.6 is 8.58 Å². The van der Waals surface area contributed by atoms with Crippen LogP contribution in [0, 0.1) is 29.6 Å². The molecule has 52 heavy (non-hydrogen) atoms. The van der Waals surface area contributed by atoms with Crippen molar-refractivity contribution in [3.63, 3.8) is 0 Å². The third-order valence-corrected chi connectivity index (χ3v) is 11.0. The van der Waals surface area contributed by atoms with Gasteiger partial charge in [-0.25, -0.2) is 0 Å². The van der Waals surface area contributed by atoms with Gasteiger partial charge in [0, 0.05) is 23.9 Å². The minimum Gasteiger partial charge on any atom is -0.497 e. The number of hydrogen-bond acceptors (Lipinski definition) is 3. The average Bonchev–Trinajstić information content (AvgIpc) is 3.66. The van der Waals surface area contributed by atoms with Crippen molar-refractivity contribution in [2.75, 3.05) is 19.4 Å². The van der Waals surface area contributed by atoms with Gasteiger partial charge in [-0.2, -0.15) is 5.26 Å². The molecule has 1 fully saturated rings. The second kappa shape index (κ2) is 24.9. The van der Waals surface area contributed by atoms with E-state index in [-0.39, 0.29) is 10.8 Å². The van der Waals surface area contributed by atoms with Crippen molar-refractivity contribution in [3.8, 4) is 11.8 Å². The molecule has 0 aliphatic heterocycles. The van der Waals surface area contributed by atoms with E-state index in [1.807, 2.05) is 18.2 Å². The topological polar surface area (TPSA) is 45.0 Å². The highest BCUT2D eigenvalue weighted by atomic mass is 31.1. The second-order valence-electron chi connectivity index (χ2n) is 15.6. The van der Waals surface area contributed by atoms with E-state index >= 15 is 0 Å². The van der Waals surface area contributed by atoms with Crippen LogP contribution in [0.2, 0.25) is 0 Å². The number of allylic oxidation sites excluding steroid dienone is 4. The van der Waals surface area contributed by atoms with Gasteiger partial charge in [-0.3, -0.25) is 0 Å². The van der Waals surface area contributed by atoms with Gasteiger partial charge in [0.25, 0.3) is 0 Å². The Labute approximate surface area is 321 Å². The van der Waals surface area contributed by atoms with Crippen LogP contribution < -0.4 is 10.1 Å². The van der Waals surface area contributed by atoms with Crippen molar-refractivity contribution < 1.29 is 4.74 Å². The Bertz CT molecular complexity index is 1440. The van der Waals surface area contributed by atoms with E-state index in [9.17, 15) is 0 Å². The lowest BCUT2D eigenvalue weighted by Gasteiger charge is -2.40. The summed E-state index contributed by atoms with van der Waals surface area (Å²) in [7, 11) is 2.82. The minimum absolute atomic E-state index is 0.108. The summed E-state index contributed by atoms with van der Waals surface area (Å²) in [4.78, 5) is 0. The SMILES string of the molecule is CC(C)NC(C)C.CCPCCCC#N.COc1ccc(C(CCC2CCCC2)(C2=CCC(C)(C)C=C2)c2ccccc2)cc1.Cc1ccccc1. The van der Waals surface area contributed by atoms with Gasteiger partial charge in [-0.05, 0) is 85.1 Å². The zero-order valence-corrected chi connectivity index (χ0v) is 35.2. The third-order valence-electron chi connectivity index (χ3n) is 9.81. The first-order valence-electron chi connectivity index (χ1n) is 19.9. The molecule has 2 unspecified atom stereocenters. The maximum absolute atomic E-state index is 8.12. The summed E-state index contributed by atoms with van der Waals surface area (Å²) in [5.41, 5.74) is 5.69. The van der Waals surface area contributed by atoms with E-state index in [1.165, 1.54) is 66.7 Å². The van der Waals surface area contributed by atoms with Gasteiger partial charge in [0.15, 0.2) is 0 Å². The Kier molecular flexibility index (Phi) is 21.6. The fraction of sp³-hybridized carbons (Fsp3) is 0.521. The number of unbranched alkanes of at least 4 members (excludes halogenated alkanes) is 1. The summed E-state index contributed by atoms with van der Waals surface area (Å²) in [6.45, 7) is 17.5. The maximum atomic E-state index is 8.12. The number of aryl methyl sites for hydroxylation is 1. The number of nitrogens with one attached hydrogen (secondary N) is 1. The van der Waals surface area contributed by atoms with Crippen molar-refractivity contribution in [1.29, 1.82) is 5.26 Å². The standard InChI is InChI=1S/C29H36O.C7H8.C6H12NP.C6H15N/c1-28(2)20-18-26(19-21-28)29(24-11-5-4-6-12-24,22-17-23-9-7-8-10-23)25-13-15-27(30-3)16-14-25;1-7-5-3-2-4-6-7;1-2-8-6-4-3-5-7;1-5(2)7-6(3)4/h4-6,11-16,18-20,23H,7-10,17,21-22H2,1-3H3;2-6H,1H3;8H,2-4,6H2,1H3;5-7H,1-4H3. The quantitative estimate of drug-likeness (QED) is 0.141. The van der Waals surface area contributed by atoms with Crippen LogP contribution in [0.3, 0.4) is 0 Å². The lowest BCUT2D eigenvalue weighted by molar-refractivity contribution is 0.409. The molecule has 1 N–H and O–H groups in total. The molecule has 4 heteroatoms.